The van der Waals surface area contributed by atoms with Crippen LogP contribution in [0, 0.1) is 49.4 Å². The first kappa shape index (κ1) is 25.5. The van der Waals surface area contributed by atoms with E-state index in [2.05, 4.69) is 15.0 Å². The van der Waals surface area contributed by atoms with Gasteiger partial charge >= 0.3 is 0 Å². The molecule has 1 radical (unpaired) electrons. The second kappa shape index (κ2) is 12.4. The minimum Gasteiger partial charge on any atom is -0.506 e. The molecule has 3 aromatic heterocycles. The summed E-state index contributed by atoms with van der Waals surface area (Å²) in [6.45, 7) is 0. The van der Waals surface area contributed by atoms with Crippen LogP contribution in [-0.4, -0.2) is 30.3 Å². The Morgan fingerprint density at radius 1 is 0.382 bits per heavy atom. The molecule has 3 N–H and O–H groups in total. The zero-order valence-corrected chi connectivity index (χ0v) is 20.4. The van der Waals surface area contributed by atoms with Gasteiger partial charge in [-0.05, 0) is 36.4 Å². The smallest absolute Gasteiger partial charge is 0.141 e. The number of nitrogens with zero attached hydrogens (tertiary/aromatic N) is 3. The fourth-order valence-corrected chi connectivity index (χ4v) is 3.26. The van der Waals surface area contributed by atoms with E-state index in [1.54, 1.807) is 55.0 Å². The average Bonchev–Trinajstić information content (AvgIpc) is 2.86. The van der Waals surface area contributed by atoms with Gasteiger partial charge in [-0.1, -0.05) is 54.6 Å². The number of rotatable bonds is 0. The summed E-state index contributed by atoms with van der Waals surface area (Å²) in [5.74, 6) is 0.717. The third kappa shape index (κ3) is 6.26. The molecule has 0 aliphatic rings. The minimum atomic E-state index is 0. The summed E-state index contributed by atoms with van der Waals surface area (Å²) in [6.07, 6.45) is 5.01. The Kier molecular flexibility index (Phi) is 9.28. The van der Waals surface area contributed by atoms with Gasteiger partial charge in [-0.3, -0.25) is 15.0 Å². The Labute approximate surface area is 237 Å². The van der Waals surface area contributed by atoms with Crippen LogP contribution in [0.15, 0.2) is 110 Å². The quantitative estimate of drug-likeness (QED) is 0.207. The minimum absolute atomic E-state index is 0. The van der Waals surface area contributed by atoms with E-state index in [9.17, 15) is 15.3 Å². The molecule has 0 saturated heterocycles. The van der Waals surface area contributed by atoms with Crippen molar-refractivity contribution in [2.24, 2.45) is 0 Å². The first-order valence-corrected chi connectivity index (χ1v) is 10.2. The van der Waals surface area contributed by atoms with Gasteiger partial charge in [0.15, 0.2) is 0 Å². The van der Waals surface area contributed by atoms with Gasteiger partial charge in [0.1, 0.15) is 33.8 Å². The van der Waals surface area contributed by atoms with Crippen molar-refractivity contribution >= 4 is 32.7 Å². The molecule has 3 heterocycles. The third-order valence-corrected chi connectivity index (χ3v) is 4.83. The molecule has 34 heavy (non-hydrogen) atoms. The van der Waals surface area contributed by atoms with Crippen LogP contribution in [0.2, 0.25) is 0 Å². The molecule has 6 nitrogen and oxygen atoms in total. The zero-order valence-electron chi connectivity index (χ0n) is 18.0. The molecule has 0 aliphatic heterocycles. The summed E-state index contributed by atoms with van der Waals surface area (Å²) in [6, 6.07) is 27.4. The average molecular weight is 587 g/mol. The first-order valence-electron chi connectivity index (χ1n) is 10.2. The molecule has 0 atom stereocenters. The predicted molar refractivity (Wildman–Crippen MR) is 130 cm³/mol. The number of hydrogen-bond donors (Lipinski definition) is 3. The van der Waals surface area contributed by atoms with Crippen molar-refractivity contribution in [1.29, 1.82) is 0 Å². The van der Waals surface area contributed by atoms with E-state index < -0.39 is 0 Å². The summed E-state index contributed by atoms with van der Waals surface area (Å²) in [4.78, 5) is 12.1. The van der Waals surface area contributed by atoms with Gasteiger partial charge in [-0.2, -0.15) is 0 Å². The van der Waals surface area contributed by atoms with Gasteiger partial charge in [0.2, 0.25) is 0 Å². The normalized spacial score (nSPS) is 9.88. The number of hydrogen-bond acceptors (Lipinski definition) is 6. The Bertz CT molecular complexity index is 1330. The van der Waals surface area contributed by atoms with Crippen molar-refractivity contribution < 1.29 is 64.7 Å². The van der Waals surface area contributed by atoms with Crippen LogP contribution >= 0.6 is 0 Å². The molecular weight excluding hydrogens is 566 g/mol. The maximum Gasteiger partial charge on any atom is 0.141 e. The molecule has 3 aromatic carbocycles. The van der Waals surface area contributed by atoms with Crippen LogP contribution in [0.25, 0.3) is 32.7 Å². The number of aromatic hydroxyl groups is 3. The Hall–Kier alpha value is -3.13. The van der Waals surface area contributed by atoms with Crippen LogP contribution in [0.3, 0.4) is 0 Å². The number of phenolic OH excluding ortho intramolecular Hbond substituents is 3. The number of phenols is 3. The largest absolute Gasteiger partial charge is 0.506 e. The molecule has 7 heteroatoms. The van der Waals surface area contributed by atoms with Gasteiger partial charge in [-0.15, -0.1) is 0 Å². The molecule has 0 fully saturated rings. The summed E-state index contributed by atoms with van der Waals surface area (Å²) in [5, 5.41) is 30.8. The Morgan fingerprint density at radius 2 is 0.647 bits per heavy atom. The number of aromatic nitrogens is 3. The van der Waals surface area contributed by atoms with Gasteiger partial charge in [0.05, 0.1) is 0 Å². The summed E-state index contributed by atoms with van der Waals surface area (Å²) >= 11 is 0. The maximum atomic E-state index is 9.31. The van der Waals surface area contributed by atoms with E-state index in [0.29, 0.717) is 16.6 Å². The van der Waals surface area contributed by atoms with Crippen molar-refractivity contribution in [2.45, 2.75) is 0 Å². The first-order chi connectivity index (χ1) is 16.1. The molecule has 6 rings (SSSR count). The van der Waals surface area contributed by atoms with E-state index in [1.165, 1.54) is 0 Å². The fourth-order valence-electron chi connectivity index (χ4n) is 3.26. The summed E-state index contributed by atoms with van der Waals surface area (Å²) < 4.78 is 0. The number of fused-ring (bicyclic) bond motifs is 3. The van der Waals surface area contributed by atoms with Crippen molar-refractivity contribution in [1.82, 2.24) is 15.0 Å². The molecule has 169 valence electrons. The monoisotopic (exact) mass is 588 g/mol. The van der Waals surface area contributed by atoms with Crippen LogP contribution in [0.4, 0.5) is 0 Å². The fraction of sp³-hybridized carbons (Fsp3) is 0. The molecule has 0 unspecified atom stereocenters. The SMILES string of the molecule is Oc1cccc2cccnc12.Oc1cccc2cccnc12.Oc1cccc2cccnc12.[Eu]. The second-order valence-electron chi connectivity index (χ2n) is 7.06. The molecule has 6 aromatic rings. The van der Waals surface area contributed by atoms with Crippen molar-refractivity contribution in [3.63, 3.8) is 0 Å². The molecule has 0 saturated carbocycles. The van der Waals surface area contributed by atoms with E-state index in [1.807, 2.05) is 54.6 Å². The van der Waals surface area contributed by atoms with Crippen LogP contribution in [-0.2, 0) is 0 Å². The van der Waals surface area contributed by atoms with E-state index in [-0.39, 0.29) is 66.6 Å². The van der Waals surface area contributed by atoms with Crippen molar-refractivity contribution in [3.05, 3.63) is 110 Å². The maximum absolute atomic E-state index is 9.31. The predicted octanol–water partition coefficient (Wildman–Crippen LogP) is 5.82. The van der Waals surface area contributed by atoms with E-state index in [4.69, 9.17) is 0 Å². The second-order valence-corrected chi connectivity index (χ2v) is 7.06. The van der Waals surface area contributed by atoms with Crippen LogP contribution in [0.5, 0.6) is 17.2 Å². The topological polar surface area (TPSA) is 99.4 Å². The van der Waals surface area contributed by atoms with Crippen LogP contribution < -0.4 is 0 Å². The number of pyridine rings is 3. The van der Waals surface area contributed by atoms with Gasteiger partial charge < -0.3 is 15.3 Å². The number of para-hydroxylation sites is 3. The van der Waals surface area contributed by atoms with E-state index >= 15 is 0 Å². The molecular formula is C27H21EuN3O3. The van der Waals surface area contributed by atoms with Gasteiger partial charge in [-0.25, -0.2) is 0 Å². The van der Waals surface area contributed by atoms with E-state index in [0.717, 1.165) is 16.2 Å². The number of benzene rings is 3. The Balaban J connectivity index is 0.000000141. The summed E-state index contributed by atoms with van der Waals surface area (Å²) in [5.41, 5.74) is 1.99. The standard InChI is InChI=1S/3C9H7NO.Eu/c3*11-8-5-1-3-7-4-2-6-10-9(7)8;/h3*1-6,11H;. The van der Waals surface area contributed by atoms with Crippen molar-refractivity contribution in [2.75, 3.05) is 0 Å². The Morgan fingerprint density at radius 3 is 0.912 bits per heavy atom. The molecule has 0 amide bonds. The van der Waals surface area contributed by atoms with Gasteiger partial charge in [0.25, 0.3) is 0 Å². The molecule has 0 spiro atoms. The molecule has 0 bridgehead atoms. The van der Waals surface area contributed by atoms with Gasteiger partial charge in [0, 0.05) is 84.1 Å². The van der Waals surface area contributed by atoms with Crippen molar-refractivity contribution in [3.8, 4) is 17.2 Å². The summed E-state index contributed by atoms with van der Waals surface area (Å²) in [7, 11) is 0. The third-order valence-electron chi connectivity index (χ3n) is 4.83. The van der Waals surface area contributed by atoms with Crippen LogP contribution in [0.1, 0.15) is 0 Å². The zero-order chi connectivity index (χ0) is 23.0. The molecule has 0 aliphatic carbocycles.